The van der Waals surface area contributed by atoms with Gasteiger partial charge in [0.05, 0.1) is 11.0 Å². The van der Waals surface area contributed by atoms with E-state index in [9.17, 15) is 0 Å². The summed E-state index contributed by atoms with van der Waals surface area (Å²) in [6, 6.07) is 18.4. The van der Waals surface area contributed by atoms with E-state index in [4.69, 9.17) is 16.6 Å². The first-order valence-electron chi connectivity index (χ1n) is 11.1. The van der Waals surface area contributed by atoms with Gasteiger partial charge in [-0.3, -0.25) is 0 Å². The van der Waals surface area contributed by atoms with Crippen molar-refractivity contribution in [3.63, 3.8) is 0 Å². The molecule has 2 aromatic carbocycles. The molecule has 5 heteroatoms. The molecule has 0 amide bonds. The zero-order valence-electron chi connectivity index (χ0n) is 18.1. The maximum atomic E-state index is 5.97. The molecule has 0 radical (unpaired) electrons. The second-order valence-electron chi connectivity index (χ2n) is 8.37. The van der Waals surface area contributed by atoms with E-state index in [-0.39, 0.29) is 0 Å². The maximum Gasteiger partial charge on any atom is 0.203 e. The number of fused-ring (bicyclic) bond motifs is 1. The van der Waals surface area contributed by atoms with Gasteiger partial charge in [-0.1, -0.05) is 55.0 Å². The lowest BCUT2D eigenvalue weighted by molar-refractivity contribution is 0.460. The maximum absolute atomic E-state index is 5.97. The van der Waals surface area contributed by atoms with Gasteiger partial charge in [0.1, 0.15) is 5.69 Å². The van der Waals surface area contributed by atoms with E-state index in [1.54, 1.807) is 0 Å². The molecule has 2 heterocycles. The third-order valence-electron chi connectivity index (χ3n) is 6.10. The van der Waals surface area contributed by atoms with Gasteiger partial charge in [0.2, 0.25) is 5.95 Å². The number of anilines is 1. The lowest BCUT2D eigenvalue weighted by Crippen LogP contribution is -2.23. The van der Waals surface area contributed by atoms with E-state index in [1.807, 2.05) is 48.7 Å². The largest absolute Gasteiger partial charge is 0.353 e. The molecule has 160 valence electrons. The number of hydrogen-bond acceptors (Lipinski definition) is 3. The van der Waals surface area contributed by atoms with Crippen LogP contribution in [0, 0.1) is 11.8 Å². The first-order chi connectivity index (χ1) is 15.7. The van der Waals surface area contributed by atoms with Crippen LogP contribution in [0.25, 0.3) is 22.2 Å². The van der Waals surface area contributed by atoms with Crippen molar-refractivity contribution in [3.05, 3.63) is 77.1 Å². The molecule has 32 heavy (non-hydrogen) atoms. The van der Waals surface area contributed by atoms with Crippen LogP contribution in [0.15, 0.2) is 60.8 Å². The first-order valence-corrected chi connectivity index (χ1v) is 11.5. The zero-order valence-corrected chi connectivity index (χ0v) is 18.9. The van der Waals surface area contributed by atoms with Crippen LogP contribution in [0.4, 0.5) is 5.95 Å². The molecule has 1 N–H and O–H groups in total. The zero-order chi connectivity index (χ0) is 21.9. The normalized spacial score (nSPS) is 14.2. The van der Waals surface area contributed by atoms with Crippen molar-refractivity contribution in [2.75, 3.05) is 5.32 Å². The molecule has 4 nitrogen and oxygen atoms in total. The molecule has 1 aliphatic carbocycles. The summed E-state index contributed by atoms with van der Waals surface area (Å²) in [5.74, 6) is 7.34. The van der Waals surface area contributed by atoms with Gasteiger partial charge in [0.25, 0.3) is 0 Å². The smallest absolute Gasteiger partial charge is 0.203 e. The van der Waals surface area contributed by atoms with Gasteiger partial charge in [0, 0.05) is 35.4 Å². The number of pyridine rings is 1. The number of rotatable bonds is 3. The number of nitrogens with zero attached hydrogens (tertiary/aromatic N) is 3. The molecule has 0 bridgehead atoms. The summed E-state index contributed by atoms with van der Waals surface area (Å²) in [5, 5.41) is 4.36. The second kappa shape index (κ2) is 9.06. The van der Waals surface area contributed by atoms with Crippen molar-refractivity contribution in [3.8, 4) is 23.0 Å². The number of hydrogen-bond donors (Lipinski definition) is 1. The van der Waals surface area contributed by atoms with Crippen LogP contribution >= 0.6 is 11.6 Å². The van der Waals surface area contributed by atoms with Gasteiger partial charge in [-0.25, -0.2) is 9.97 Å². The minimum Gasteiger partial charge on any atom is -0.353 e. The summed E-state index contributed by atoms with van der Waals surface area (Å²) in [7, 11) is 2.07. The van der Waals surface area contributed by atoms with Crippen LogP contribution < -0.4 is 5.32 Å². The topological polar surface area (TPSA) is 42.7 Å². The third kappa shape index (κ3) is 4.49. The average Bonchev–Trinajstić information content (AvgIpc) is 3.13. The van der Waals surface area contributed by atoms with Crippen LogP contribution in [-0.4, -0.2) is 20.6 Å². The van der Waals surface area contributed by atoms with Crippen LogP contribution in [0.1, 0.15) is 43.4 Å². The lowest BCUT2D eigenvalue weighted by Gasteiger charge is -2.23. The van der Waals surface area contributed by atoms with Crippen molar-refractivity contribution in [1.82, 2.24) is 14.5 Å². The predicted octanol–water partition coefficient (Wildman–Crippen LogP) is 6.43. The van der Waals surface area contributed by atoms with E-state index in [2.05, 4.69) is 45.9 Å². The number of benzene rings is 2. The lowest BCUT2D eigenvalue weighted by atomic mass is 9.96. The molecule has 5 rings (SSSR count). The number of aromatic nitrogens is 3. The van der Waals surface area contributed by atoms with Crippen molar-refractivity contribution in [2.24, 2.45) is 7.05 Å². The first kappa shape index (κ1) is 20.6. The van der Waals surface area contributed by atoms with Crippen LogP contribution in [-0.2, 0) is 7.05 Å². The Hall–Kier alpha value is -3.29. The van der Waals surface area contributed by atoms with Crippen LogP contribution in [0.3, 0.4) is 0 Å². The number of halogens is 1. The van der Waals surface area contributed by atoms with Crippen molar-refractivity contribution in [2.45, 2.75) is 38.1 Å². The highest BCUT2D eigenvalue weighted by Gasteiger charge is 2.16. The molecule has 2 aromatic heterocycles. The van der Waals surface area contributed by atoms with E-state index in [0.29, 0.717) is 6.04 Å². The molecular weight excluding hydrogens is 416 g/mol. The van der Waals surface area contributed by atoms with Crippen molar-refractivity contribution >= 4 is 28.6 Å². The molecule has 1 aliphatic rings. The molecule has 0 aliphatic heterocycles. The van der Waals surface area contributed by atoms with E-state index in [0.717, 1.165) is 44.4 Å². The Morgan fingerprint density at radius 3 is 2.47 bits per heavy atom. The average molecular weight is 441 g/mol. The Morgan fingerprint density at radius 1 is 0.938 bits per heavy atom. The molecule has 0 spiro atoms. The number of nitrogens with one attached hydrogen (secondary N) is 1. The summed E-state index contributed by atoms with van der Waals surface area (Å²) < 4.78 is 2.14. The summed E-state index contributed by atoms with van der Waals surface area (Å²) >= 11 is 5.97. The summed E-state index contributed by atoms with van der Waals surface area (Å²) in [6.45, 7) is 0. The molecule has 0 unspecified atom stereocenters. The minimum atomic E-state index is 0.528. The van der Waals surface area contributed by atoms with E-state index >= 15 is 0 Å². The summed E-state index contributed by atoms with van der Waals surface area (Å²) in [6.07, 6.45) is 8.25. The van der Waals surface area contributed by atoms with E-state index in [1.165, 1.54) is 32.1 Å². The highest BCUT2D eigenvalue weighted by Crippen LogP contribution is 2.25. The predicted molar refractivity (Wildman–Crippen MR) is 132 cm³/mol. The van der Waals surface area contributed by atoms with Crippen LogP contribution in [0.2, 0.25) is 5.02 Å². The Balaban J connectivity index is 1.34. The molecule has 1 saturated carbocycles. The fraction of sp³-hybridized carbons (Fsp3) is 0.259. The van der Waals surface area contributed by atoms with Gasteiger partial charge in [0.15, 0.2) is 0 Å². The van der Waals surface area contributed by atoms with Gasteiger partial charge >= 0.3 is 0 Å². The Morgan fingerprint density at radius 2 is 1.72 bits per heavy atom. The molecule has 0 atom stereocenters. The molecule has 0 saturated heterocycles. The summed E-state index contributed by atoms with van der Waals surface area (Å²) in [4.78, 5) is 9.33. The monoisotopic (exact) mass is 440 g/mol. The van der Waals surface area contributed by atoms with Gasteiger partial charge in [-0.05, 0) is 60.7 Å². The SMILES string of the molecule is Cn1c(NC2CCCCC2)nc2cc(C#Cc3ccc(-c4ccc(Cl)cc4)cn3)ccc21. The van der Waals surface area contributed by atoms with Crippen molar-refractivity contribution in [1.29, 1.82) is 0 Å². The fourth-order valence-electron chi connectivity index (χ4n) is 4.25. The Labute approximate surface area is 193 Å². The summed E-state index contributed by atoms with van der Waals surface area (Å²) in [5.41, 5.74) is 5.87. The Bertz CT molecular complexity index is 1290. The highest BCUT2D eigenvalue weighted by atomic mass is 35.5. The molecule has 4 aromatic rings. The second-order valence-corrected chi connectivity index (χ2v) is 8.80. The minimum absolute atomic E-state index is 0.528. The Kier molecular flexibility index (Phi) is 5.83. The standard InChI is InChI=1S/C27H25ClN4/c1-32-26-16-8-19(17-25(26)31-27(32)30-24-5-3-2-4-6-24)7-14-23-15-11-21(18-29-23)20-9-12-22(28)13-10-20/h8-13,15-18,24H,2-6H2,1H3,(H,30,31). The molecule has 1 fully saturated rings. The third-order valence-corrected chi connectivity index (χ3v) is 6.35. The van der Waals surface area contributed by atoms with Gasteiger partial charge < -0.3 is 9.88 Å². The molecular formula is C27H25ClN4. The highest BCUT2D eigenvalue weighted by molar-refractivity contribution is 6.30. The quantitative estimate of drug-likeness (QED) is 0.373. The van der Waals surface area contributed by atoms with E-state index < -0.39 is 0 Å². The van der Waals surface area contributed by atoms with Gasteiger partial charge in [-0.2, -0.15) is 0 Å². The van der Waals surface area contributed by atoms with Crippen LogP contribution in [0.5, 0.6) is 0 Å². The fourth-order valence-corrected chi connectivity index (χ4v) is 4.38. The van der Waals surface area contributed by atoms with Gasteiger partial charge in [-0.15, -0.1) is 0 Å². The number of aryl methyl sites for hydroxylation is 1. The number of imidazole rings is 1. The van der Waals surface area contributed by atoms with Crippen molar-refractivity contribution < 1.29 is 0 Å².